The highest BCUT2D eigenvalue weighted by Gasteiger charge is 2.17. The molecule has 0 unspecified atom stereocenters. The molecular formula is C18H21ClN6O3S. The van der Waals surface area contributed by atoms with Crippen LogP contribution in [0, 0.1) is 0 Å². The van der Waals surface area contributed by atoms with Gasteiger partial charge in [-0.2, -0.15) is 4.98 Å². The molecule has 9 nitrogen and oxygen atoms in total. The molecule has 0 aliphatic rings. The largest absolute Gasteiger partial charge is 0.360 e. The molecule has 0 aliphatic carbocycles. The number of sulfone groups is 1. The number of fused-ring (bicyclic) bond motifs is 1. The second-order valence-corrected chi connectivity index (χ2v) is 9.10. The first-order valence-corrected chi connectivity index (χ1v) is 11.2. The summed E-state index contributed by atoms with van der Waals surface area (Å²) >= 11 is 5.90. The summed E-state index contributed by atoms with van der Waals surface area (Å²) in [6.45, 7) is 5.66. The number of pyridine rings is 1. The maximum Gasteiger partial charge on any atom is 0.295 e. The summed E-state index contributed by atoms with van der Waals surface area (Å²) in [5.41, 5.74) is 1.06. The Kier molecular flexibility index (Phi) is 6.13. The molecule has 11 heteroatoms. The van der Waals surface area contributed by atoms with Crippen LogP contribution in [-0.2, 0) is 16.4 Å². The zero-order valence-electron chi connectivity index (χ0n) is 16.3. The molecule has 0 aliphatic heterocycles. The van der Waals surface area contributed by atoms with Crippen LogP contribution in [0.4, 0.5) is 5.82 Å². The van der Waals surface area contributed by atoms with E-state index in [1.54, 1.807) is 17.6 Å². The Morgan fingerprint density at radius 1 is 1.17 bits per heavy atom. The Hall–Kier alpha value is -2.59. The lowest BCUT2D eigenvalue weighted by Crippen LogP contribution is -2.28. The third kappa shape index (κ3) is 4.38. The summed E-state index contributed by atoms with van der Waals surface area (Å²) in [5, 5.41) is 3.03. The van der Waals surface area contributed by atoms with Crippen molar-refractivity contribution in [3.63, 3.8) is 0 Å². The average Bonchev–Trinajstić information content (AvgIpc) is 2.72. The maximum atomic E-state index is 13.0. The molecule has 29 heavy (non-hydrogen) atoms. The van der Waals surface area contributed by atoms with E-state index in [1.165, 1.54) is 18.5 Å². The van der Waals surface area contributed by atoms with Crippen LogP contribution in [0.5, 0.6) is 0 Å². The minimum absolute atomic E-state index is 0.00846. The molecular weight excluding hydrogens is 416 g/mol. The molecule has 0 radical (unpaired) electrons. The summed E-state index contributed by atoms with van der Waals surface area (Å²) in [6, 6.07) is 2.99. The van der Waals surface area contributed by atoms with Crippen LogP contribution in [0.25, 0.3) is 11.2 Å². The molecule has 154 valence electrons. The topological polar surface area (TPSA) is 120 Å². The predicted molar refractivity (Wildman–Crippen MR) is 111 cm³/mol. The molecule has 3 heterocycles. The van der Waals surface area contributed by atoms with E-state index in [1.807, 2.05) is 13.8 Å². The van der Waals surface area contributed by atoms with Crippen molar-refractivity contribution in [2.45, 2.75) is 44.7 Å². The number of nitrogens with one attached hydrogen (secondary N) is 1. The van der Waals surface area contributed by atoms with E-state index in [4.69, 9.17) is 11.6 Å². The zero-order valence-corrected chi connectivity index (χ0v) is 17.8. The summed E-state index contributed by atoms with van der Waals surface area (Å²) in [4.78, 5) is 29.7. The van der Waals surface area contributed by atoms with Crippen molar-refractivity contribution in [1.82, 2.24) is 24.5 Å². The number of hydrogen-bond acceptors (Lipinski definition) is 8. The molecule has 0 saturated heterocycles. The van der Waals surface area contributed by atoms with Gasteiger partial charge in [0.05, 0.1) is 29.1 Å². The summed E-state index contributed by atoms with van der Waals surface area (Å²) in [7, 11) is -3.31. The van der Waals surface area contributed by atoms with Gasteiger partial charge in [0.15, 0.2) is 21.3 Å². The van der Waals surface area contributed by atoms with Gasteiger partial charge in [-0.15, -0.1) is 0 Å². The number of nitrogens with zero attached hydrogens (tertiary/aromatic N) is 5. The molecule has 0 amide bonds. The second-order valence-electron chi connectivity index (χ2n) is 6.48. The zero-order chi connectivity index (χ0) is 21.2. The Balaban J connectivity index is 1.94. The monoisotopic (exact) mass is 436 g/mol. The number of anilines is 1. The average molecular weight is 437 g/mol. The minimum Gasteiger partial charge on any atom is -0.360 e. The summed E-state index contributed by atoms with van der Waals surface area (Å²) in [6.07, 6.45) is 3.50. The number of hydrogen-bond donors (Lipinski definition) is 1. The van der Waals surface area contributed by atoms with Gasteiger partial charge in [-0.3, -0.25) is 14.3 Å². The summed E-state index contributed by atoms with van der Waals surface area (Å²) in [5.74, 6) is 0.143. The number of rotatable bonds is 7. The van der Waals surface area contributed by atoms with Gasteiger partial charge in [0, 0.05) is 12.2 Å². The quantitative estimate of drug-likeness (QED) is 0.561. The van der Waals surface area contributed by atoms with Crippen LogP contribution in [0.3, 0.4) is 0 Å². The first-order chi connectivity index (χ1) is 13.8. The van der Waals surface area contributed by atoms with Crippen molar-refractivity contribution in [3.05, 3.63) is 45.9 Å². The van der Waals surface area contributed by atoms with E-state index < -0.39 is 9.84 Å². The van der Waals surface area contributed by atoms with Crippen LogP contribution in [0.1, 0.15) is 38.9 Å². The van der Waals surface area contributed by atoms with Crippen LogP contribution in [0.15, 0.2) is 34.2 Å². The molecule has 3 rings (SSSR count). The van der Waals surface area contributed by atoms with E-state index in [0.717, 1.165) is 6.42 Å². The number of halogens is 1. The van der Waals surface area contributed by atoms with E-state index in [0.29, 0.717) is 16.9 Å². The van der Waals surface area contributed by atoms with E-state index in [2.05, 4.69) is 25.3 Å². The van der Waals surface area contributed by atoms with Crippen molar-refractivity contribution < 1.29 is 8.42 Å². The standard InChI is InChI=1S/C18H21ClN6O3S/c1-4-11(3)25-16-14(10-22-18(19)24-16)23-15(17(25)26)21-8-12-6-7-13(9-20-12)29(27,28)5-2/h6-7,9-11H,4-5,8H2,1-3H3,(H,21,23)/t11-/m0/s1. The maximum absolute atomic E-state index is 13.0. The molecule has 0 fully saturated rings. The van der Waals surface area contributed by atoms with Gasteiger partial charge in [0.25, 0.3) is 5.56 Å². The Morgan fingerprint density at radius 3 is 2.55 bits per heavy atom. The number of aromatic nitrogens is 5. The van der Waals surface area contributed by atoms with Gasteiger partial charge >= 0.3 is 0 Å². The second kappa shape index (κ2) is 8.42. The summed E-state index contributed by atoms with van der Waals surface area (Å²) < 4.78 is 25.3. The Labute approximate surface area is 173 Å². The first-order valence-electron chi connectivity index (χ1n) is 9.13. The molecule has 1 N–H and O–H groups in total. The fraction of sp³-hybridized carbons (Fsp3) is 0.389. The molecule has 0 saturated carbocycles. The van der Waals surface area contributed by atoms with E-state index >= 15 is 0 Å². The molecule has 3 aromatic heterocycles. The highest BCUT2D eigenvalue weighted by Crippen LogP contribution is 2.18. The molecule has 0 aromatic carbocycles. The van der Waals surface area contributed by atoms with Crippen molar-refractivity contribution >= 4 is 38.4 Å². The van der Waals surface area contributed by atoms with Gasteiger partial charge in [0.1, 0.15) is 5.52 Å². The van der Waals surface area contributed by atoms with Crippen molar-refractivity contribution in [1.29, 1.82) is 0 Å². The Morgan fingerprint density at radius 2 is 1.93 bits per heavy atom. The third-order valence-electron chi connectivity index (χ3n) is 4.61. The highest BCUT2D eigenvalue weighted by molar-refractivity contribution is 7.91. The lowest BCUT2D eigenvalue weighted by atomic mass is 10.2. The van der Waals surface area contributed by atoms with Crippen LogP contribution >= 0.6 is 11.6 Å². The molecule has 3 aromatic rings. The van der Waals surface area contributed by atoms with E-state index in [9.17, 15) is 13.2 Å². The van der Waals surface area contributed by atoms with Gasteiger partial charge in [-0.25, -0.2) is 18.4 Å². The molecule has 0 bridgehead atoms. The fourth-order valence-corrected chi connectivity index (χ4v) is 3.68. The minimum atomic E-state index is -3.31. The first kappa shape index (κ1) is 21.1. The lowest BCUT2D eigenvalue weighted by molar-refractivity contribution is 0.526. The molecule has 1 atom stereocenters. The molecule has 0 spiro atoms. The smallest absolute Gasteiger partial charge is 0.295 e. The highest BCUT2D eigenvalue weighted by atomic mass is 35.5. The Bertz CT molecular complexity index is 1190. The van der Waals surface area contributed by atoms with Crippen LogP contribution in [-0.4, -0.2) is 38.7 Å². The normalized spacial score (nSPS) is 12.8. The van der Waals surface area contributed by atoms with Crippen LogP contribution in [0.2, 0.25) is 5.28 Å². The van der Waals surface area contributed by atoms with Gasteiger partial charge in [-0.1, -0.05) is 13.8 Å². The van der Waals surface area contributed by atoms with Gasteiger partial charge in [-0.05, 0) is 37.1 Å². The van der Waals surface area contributed by atoms with Gasteiger partial charge in [0.2, 0.25) is 5.28 Å². The van der Waals surface area contributed by atoms with Gasteiger partial charge < -0.3 is 5.32 Å². The van der Waals surface area contributed by atoms with Crippen LogP contribution < -0.4 is 10.9 Å². The van der Waals surface area contributed by atoms with Crippen molar-refractivity contribution in [3.8, 4) is 0 Å². The SMILES string of the molecule is CC[C@H](C)n1c(=O)c(NCc2ccc(S(=O)(=O)CC)cn2)nc2cnc(Cl)nc21. The third-order valence-corrected chi connectivity index (χ3v) is 6.51. The van der Waals surface area contributed by atoms with Crippen molar-refractivity contribution in [2.75, 3.05) is 11.1 Å². The van der Waals surface area contributed by atoms with Crippen molar-refractivity contribution in [2.24, 2.45) is 0 Å². The lowest BCUT2D eigenvalue weighted by Gasteiger charge is -2.17. The predicted octanol–water partition coefficient (Wildman–Crippen LogP) is 2.61. The van der Waals surface area contributed by atoms with E-state index in [-0.39, 0.29) is 39.9 Å². The fourth-order valence-electron chi connectivity index (χ4n) is 2.73.